The van der Waals surface area contributed by atoms with Gasteiger partial charge in [0.05, 0.1) is 23.4 Å². The third kappa shape index (κ3) is 5.40. The van der Waals surface area contributed by atoms with Gasteiger partial charge in [0, 0.05) is 55.1 Å². The summed E-state index contributed by atoms with van der Waals surface area (Å²) in [5, 5.41) is 6.90. The molecular formula is C24H27N7O2S. The van der Waals surface area contributed by atoms with E-state index >= 15 is 0 Å². The van der Waals surface area contributed by atoms with Crippen LogP contribution in [0.4, 0.5) is 5.82 Å². The standard InChI is InChI=1S/C24H25N7O2.H2S/c1-4-33-24-28-12-16(13-29-24)20-10-21(31-14-30-20)27-11-15(2)17-6-5-7-18-19(23(32)25-3)8-9-26-22(17)18;/h5-10,12-15H,4,11H2,1-3H3,(H,25,32)(H,27,30,31);1H2/t15-;/m1./s1. The maximum Gasteiger partial charge on any atom is 0.316 e. The van der Waals surface area contributed by atoms with Crippen molar-refractivity contribution in [2.75, 3.05) is 25.5 Å². The summed E-state index contributed by atoms with van der Waals surface area (Å²) >= 11 is 0. The van der Waals surface area contributed by atoms with Gasteiger partial charge in [-0.05, 0) is 18.6 Å². The average molecular weight is 478 g/mol. The summed E-state index contributed by atoms with van der Waals surface area (Å²) in [6.07, 6.45) is 6.54. The number of benzene rings is 1. The van der Waals surface area contributed by atoms with E-state index in [1.807, 2.05) is 31.2 Å². The van der Waals surface area contributed by atoms with Crippen LogP contribution >= 0.6 is 13.5 Å². The molecule has 0 aliphatic rings. The van der Waals surface area contributed by atoms with Crippen LogP contribution in [0, 0.1) is 0 Å². The van der Waals surface area contributed by atoms with Crippen molar-refractivity contribution in [2.24, 2.45) is 0 Å². The third-order valence-corrected chi connectivity index (χ3v) is 5.26. The van der Waals surface area contributed by atoms with Crippen LogP contribution in [0.15, 0.2) is 55.2 Å². The minimum atomic E-state index is -0.128. The normalized spacial score (nSPS) is 11.4. The molecule has 1 aromatic carbocycles. The molecule has 176 valence electrons. The van der Waals surface area contributed by atoms with Crippen LogP contribution < -0.4 is 15.4 Å². The van der Waals surface area contributed by atoms with Gasteiger partial charge in [0.1, 0.15) is 12.1 Å². The number of hydrogen-bond acceptors (Lipinski definition) is 8. The lowest BCUT2D eigenvalue weighted by atomic mass is 9.96. The van der Waals surface area contributed by atoms with Crippen LogP contribution in [-0.2, 0) is 0 Å². The van der Waals surface area contributed by atoms with Crippen molar-refractivity contribution in [3.8, 4) is 17.3 Å². The molecular weight excluding hydrogens is 450 g/mol. The Morgan fingerprint density at radius 3 is 2.62 bits per heavy atom. The van der Waals surface area contributed by atoms with Crippen molar-refractivity contribution in [1.29, 1.82) is 0 Å². The minimum Gasteiger partial charge on any atom is -0.464 e. The summed E-state index contributed by atoms with van der Waals surface area (Å²) in [6, 6.07) is 9.85. The lowest BCUT2D eigenvalue weighted by Crippen LogP contribution is -2.18. The number of aromatic nitrogens is 5. The Labute approximate surface area is 204 Å². The van der Waals surface area contributed by atoms with Crippen molar-refractivity contribution in [1.82, 2.24) is 30.2 Å². The highest BCUT2D eigenvalue weighted by Crippen LogP contribution is 2.27. The van der Waals surface area contributed by atoms with E-state index in [-0.39, 0.29) is 25.3 Å². The van der Waals surface area contributed by atoms with E-state index in [0.717, 1.165) is 22.0 Å². The van der Waals surface area contributed by atoms with Gasteiger partial charge in [-0.25, -0.2) is 19.9 Å². The fourth-order valence-electron chi connectivity index (χ4n) is 3.56. The number of ether oxygens (including phenoxy) is 1. The Bertz CT molecular complexity index is 1270. The van der Waals surface area contributed by atoms with Crippen molar-refractivity contribution in [2.45, 2.75) is 19.8 Å². The quantitative estimate of drug-likeness (QED) is 0.396. The van der Waals surface area contributed by atoms with Gasteiger partial charge in [-0.3, -0.25) is 9.78 Å². The maximum atomic E-state index is 12.2. The zero-order valence-electron chi connectivity index (χ0n) is 19.2. The van der Waals surface area contributed by atoms with Crippen LogP contribution in [0.5, 0.6) is 6.01 Å². The average Bonchev–Trinajstić information content (AvgIpc) is 2.87. The lowest BCUT2D eigenvalue weighted by molar-refractivity contribution is 0.0964. The molecule has 3 heterocycles. The molecule has 9 nitrogen and oxygen atoms in total. The Morgan fingerprint density at radius 1 is 1.09 bits per heavy atom. The highest BCUT2D eigenvalue weighted by atomic mass is 32.1. The SMILES string of the molecule is CCOc1ncc(-c2cc(NC[C@@H](C)c3cccc4c(C(=O)NC)ccnc34)ncn2)cn1.S. The number of amides is 1. The number of pyridine rings is 1. The van der Waals surface area contributed by atoms with Crippen molar-refractivity contribution in [3.63, 3.8) is 0 Å². The first-order valence-electron chi connectivity index (χ1n) is 10.7. The van der Waals surface area contributed by atoms with Gasteiger partial charge in [-0.15, -0.1) is 0 Å². The van der Waals surface area contributed by atoms with Gasteiger partial charge >= 0.3 is 6.01 Å². The molecule has 34 heavy (non-hydrogen) atoms. The summed E-state index contributed by atoms with van der Waals surface area (Å²) in [5.74, 6) is 0.686. The van der Waals surface area contributed by atoms with E-state index in [0.29, 0.717) is 36.2 Å². The second kappa shape index (κ2) is 11.4. The molecule has 4 aromatic rings. The smallest absolute Gasteiger partial charge is 0.316 e. The number of carbonyl (C=O) groups excluding carboxylic acids is 1. The molecule has 3 aromatic heterocycles. The summed E-state index contributed by atoms with van der Waals surface area (Å²) in [5.41, 5.74) is 3.98. The van der Waals surface area contributed by atoms with E-state index in [4.69, 9.17) is 4.74 Å². The van der Waals surface area contributed by atoms with Gasteiger partial charge in [0.25, 0.3) is 5.91 Å². The molecule has 0 aliphatic heterocycles. The summed E-state index contributed by atoms with van der Waals surface area (Å²) in [6.45, 7) is 5.13. The molecule has 0 radical (unpaired) electrons. The second-order valence-electron chi connectivity index (χ2n) is 7.44. The summed E-state index contributed by atoms with van der Waals surface area (Å²) < 4.78 is 5.29. The van der Waals surface area contributed by atoms with Gasteiger partial charge in [-0.2, -0.15) is 13.5 Å². The number of hydrogen-bond donors (Lipinski definition) is 2. The molecule has 4 rings (SSSR count). The number of rotatable bonds is 8. The molecule has 0 bridgehead atoms. The molecule has 0 saturated carbocycles. The van der Waals surface area contributed by atoms with E-state index in [1.54, 1.807) is 31.7 Å². The molecule has 2 N–H and O–H groups in total. The zero-order valence-corrected chi connectivity index (χ0v) is 20.2. The molecule has 0 aliphatic carbocycles. The first-order valence-corrected chi connectivity index (χ1v) is 10.7. The summed E-state index contributed by atoms with van der Waals surface area (Å²) in [7, 11) is 1.63. The fourth-order valence-corrected chi connectivity index (χ4v) is 3.56. The molecule has 0 spiro atoms. The van der Waals surface area contributed by atoms with Gasteiger partial charge in [-0.1, -0.05) is 25.1 Å². The topological polar surface area (TPSA) is 115 Å². The molecule has 1 atom stereocenters. The summed E-state index contributed by atoms with van der Waals surface area (Å²) in [4.78, 5) is 33.8. The van der Waals surface area contributed by atoms with Gasteiger partial charge in [0.2, 0.25) is 0 Å². The zero-order chi connectivity index (χ0) is 23.2. The minimum absolute atomic E-state index is 0. The molecule has 10 heteroatoms. The lowest BCUT2D eigenvalue weighted by Gasteiger charge is -2.16. The first-order chi connectivity index (χ1) is 16.1. The highest BCUT2D eigenvalue weighted by Gasteiger charge is 2.15. The Kier molecular flexibility index (Phi) is 8.31. The van der Waals surface area contributed by atoms with Crippen LogP contribution in [0.2, 0.25) is 0 Å². The van der Waals surface area contributed by atoms with Crippen LogP contribution in [0.3, 0.4) is 0 Å². The highest BCUT2D eigenvalue weighted by molar-refractivity contribution is 7.59. The van der Waals surface area contributed by atoms with E-state index < -0.39 is 0 Å². The van der Waals surface area contributed by atoms with E-state index in [1.165, 1.54) is 6.33 Å². The fraction of sp³-hybridized carbons (Fsp3) is 0.250. The second-order valence-corrected chi connectivity index (χ2v) is 7.44. The molecule has 0 saturated heterocycles. The van der Waals surface area contributed by atoms with Gasteiger partial charge in [0.15, 0.2) is 0 Å². The number of fused-ring (bicyclic) bond motifs is 1. The molecule has 1 amide bonds. The largest absolute Gasteiger partial charge is 0.464 e. The van der Waals surface area contributed by atoms with E-state index in [2.05, 4.69) is 42.5 Å². The molecule has 0 fully saturated rings. The predicted octanol–water partition coefficient (Wildman–Crippen LogP) is 3.57. The van der Waals surface area contributed by atoms with Crippen LogP contribution in [0.1, 0.15) is 35.7 Å². The monoisotopic (exact) mass is 477 g/mol. The molecule has 0 unspecified atom stereocenters. The predicted molar refractivity (Wildman–Crippen MR) is 137 cm³/mol. The Hall–Kier alpha value is -3.79. The third-order valence-electron chi connectivity index (χ3n) is 5.26. The van der Waals surface area contributed by atoms with Crippen LogP contribution in [0.25, 0.3) is 22.2 Å². The van der Waals surface area contributed by atoms with Crippen molar-refractivity contribution < 1.29 is 9.53 Å². The van der Waals surface area contributed by atoms with Crippen LogP contribution in [-0.4, -0.2) is 51.0 Å². The van der Waals surface area contributed by atoms with Crippen molar-refractivity contribution >= 4 is 36.1 Å². The van der Waals surface area contributed by atoms with Crippen molar-refractivity contribution in [3.05, 3.63) is 66.4 Å². The maximum absolute atomic E-state index is 12.2. The van der Waals surface area contributed by atoms with Gasteiger partial charge < -0.3 is 15.4 Å². The number of carbonyl (C=O) groups is 1. The number of nitrogens with zero attached hydrogens (tertiary/aromatic N) is 5. The number of nitrogens with one attached hydrogen (secondary N) is 2. The number of para-hydroxylation sites is 1. The Balaban J connectivity index is 0.00000324. The first kappa shape index (κ1) is 24.8. The van der Waals surface area contributed by atoms with E-state index in [9.17, 15) is 4.79 Å². The number of anilines is 1. The Morgan fingerprint density at radius 2 is 1.88 bits per heavy atom.